The van der Waals surface area contributed by atoms with Gasteiger partial charge in [0.15, 0.2) is 0 Å². The summed E-state index contributed by atoms with van der Waals surface area (Å²) in [5.74, 6) is -0.0838. The number of phenols is 1. The Bertz CT molecular complexity index is 421. The summed E-state index contributed by atoms with van der Waals surface area (Å²) >= 11 is 5.92. The van der Waals surface area contributed by atoms with Gasteiger partial charge in [0.2, 0.25) is 0 Å². The molecule has 1 aromatic carbocycles. The summed E-state index contributed by atoms with van der Waals surface area (Å²) in [5, 5.41) is 15.3. The smallest absolute Gasteiger partial charge is 0.411 e. The lowest BCUT2D eigenvalue weighted by Crippen LogP contribution is -2.18. The van der Waals surface area contributed by atoms with E-state index in [4.69, 9.17) is 16.3 Å². The van der Waals surface area contributed by atoms with Crippen LogP contribution >= 0.6 is 11.6 Å². The molecular weight excluding hydrogens is 244 g/mol. The van der Waals surface area contributed by atoms with E-state index < -0.39 is 6.09 Å². The highest BCUT2D eigenvalue weighted by Crippen LogP contribution is 2.33. The Labute approximate surface area is 105 Å². The number of aromatic hydroxyl groups is 1. The van der Waals surface area contributed by atoms with Gasteiger partial charge in [-0.1, -0.05) is 11.6 Å². The molecule has 0 spiro atoms. The van der Waals surface area contributed by atoms with Crippen LogP contribution in [0.15, 0.2) is 12.1 Å². The lowest BCUT2D eigenvalue weighted by Gasteiger charge is -2.12. The van der Waals surface area contributed by atoms with E-state index in [1.165, 1.54) is 12.1 Å². The molecule has 5 nitrogen and oxygen atoms in total. The van der Waals surface area contributed by atoms with Gasteiger partial charge in [-0.05, 0) is 19.9 Å². The molecule has 0 fully saturated rings. The van der Waals surface area contributed by atoms with Crippen LogP contribution in [0.3, 0.4) is 0 Å². The molecule has 0 aliphatic heterocycles. The number of benzene rings is 1. The molecule has 1 rings (SSSR count). The predicted molar refractivity (Wildman–Crippen MR) is 67.9 cm³/mol. The minimum atomic E-state index is -0.636. The average molecular weight is 259 g/mol. The Balaban J connectivity index is 2.85. The quantitative estimate of drug-likeness (QED) is 0.729. The molecule has 0 unspecified atom stereocenters. The van der Waals surface area contributed by atoms with Gasteiger partial charge in [0.1, 0.15) is 5.75 Å². The molecule has 94 valence electrons. The summed E-state index contributed by atoms with van der Waals surface area (Å²) in [6.07, 6.45) is -0.868. The summed E-state index contributed by atoms with van der Waals surface area (Å²) in [6.45, 7) is 3.47. The zero-order valence-electron chi connectivity index (χ0n) is 9.87. The van der Waals surface area contributed by atoms with Crippen LogP contribution in [0.4, 0.5) is 16.2 Å². The molecule has 0 aromatic heterocycles. The number of hydrogen-bond donors (Lipinski definition) is 3. The van der Waals surface area contributed by atoms with Gasteiger partial charge in [-0.2, -0.15) is 0 Å². The van der Waals surface area contributed by atoms with E-state index in [1.807, 2.05) is 0 Å². The Morgan fingerprint density at radius 2 is 2.06 bits per heavy atom. The van der Waals surface area contributed by atoms with Gasteiger partial charge >= 0.3 is 6.09 Å². The van der Waals surface area contributed by atoms with Crippen LogP contribution in [0.1, 0.15) is 13.8 Å². The fourth-order valence-corrected chi connectivity index (χ4v) is 1.47. The van der Waals surface area contributed by atoms with Crippen LogP contribution in [0.5, 0.6) is 5.75 Å². The normalized spacial score (nSPS) is 10.2. The molecule has 0 atom stereocenters. The molecular formula is C11H15ClN2O3. The average Bonchev–Trinajstić information content (AvgIpc) is 2.21. The highest BCUT2D eigenvalue weighted by molar-refractivity contribution is 6.33. The number of phenolic OH excluding ortho intramolecular Hbond substituents is 1. The van der Waals surface area contributed by atoms with Crippen molar-refractivity contribution in [3.05, 3.63) is 17.2 Å². The fraction of sp³-hybridized carbons (Fsp3) is 0.364. The van der Waals surface area contributed by atoms with Crippen molar-refractivity contribution in [3.63, 3.8) is 0 Å². The van der Waals surface area contributed by atoms with Crippen molar-refractivity contribution in [2.45, 2.75) is 20.0 Å². The molecule has 17 heavy (non-hydrogen) atoms. The SMILES string of the molecule is CNc1cc(O)c(NC(=O)OC(C)C)cc1Cl. The van der Waals surface area contributed by atoms with Gasteiger partial charge in [0.25, 0.3) is 0 Å². The predicted octanol–water partition coefficient (Wildman–Crippen LogP) is 3.04. The first-order chi connectivity index (χ1) is 7.93. The number of nitrogens with one attached hydrogen (secondary N) is 2. The Kier molecular flexibility index (Phi) is 4.45. The number of amides is 1. The van der Waals surface area contributed by atoms with Gasteiger partial charge in [0.05, 0.1) is 22.5 Å². The van der Waals surface area contributed by atoms with Crippen LogP contribution < -0.4 is 10.6 Å². The third kappa shape index (κ3) is 3.71. The summed E-state index contributed by atoms with van der Waals surface area (Å²) < 4.78 is 4.89. The van der Waals surface area contributed by atoms with Crippen molar-refractivity contribution in [2.75, 3.05) is 17.7 Å². The third-order valence-electron chi connectivity index (χ3n) is 1.93. The molecule has 0 saturated heterocycles. The van der Waals surface area contributed by atoms with Crippen LogP contribution in [0.25, 0.3) is 0 Å². The Morgan fingerprint density at radius 1 is 1.41 bits per heavy atom. The number of carbonyl (C=O) groups excluding carboxylic acids is 1. The first-order valence-corrected chi connectivity index (χ1v) is 5.49. The van der Waals surface area contributed by atoms with Crippen molar-refractivity contribution in [2.24, 2.45) is 0 Å². The zero-order chi connectivity index (χ0) is 13.0. The van der Waals surface area contributed by atoms with E-state index in [9.17, 15) is 9.90 Å². The van der Waals surface area contributed by atoms with Gasteiger partial charge < -0.3 is 15.2 Å². The molecule has 0 aliphatic rings. The fourth-order valence-electron chi connectivity index (χ4n) is 1.21. The van der Waals surface area contributed by atoms with Crippen LogP contribution in [0.2, 0.25) is 5.02 Å². The standard InChI is InChI=1S/C11H15ClN2O3/c1-6(2)17-11(16)14-9-4-7(12)8(13-3)5-10(9)15/h4-6,13,15H,1-3H3,(H,14,16). The zero-order valence-corrected chi connectivity index (χ0v) is 10.6. The minimum Gasteiger partial charge on any atom is -0.506 e. The topological polar surface area (TPSA) is 70.6 Å². The Morgan fingerprint density at radius 3 is 2.59 bits per heavy atom. The molecule has 1 aromatic rings. The van der Waals surface area contributed by atoms with Gasteiger partial charge in [0, 0.05) is 13.1 Å². The number of rotatable bonds is 3. The van der Waals surface area contributed by atoms with E-state index in [0.717, 1.165) is 0 Å². The summed E-state index contributed by atoms with van der Waals surface area (Å²) in [7, 11) is 1.68. The number of halogens is 1. The van der Waals surface area contributed by atoms with Gasteiger partial charge in [-0.3, -0.25) is 5.32 Å². The maximum absolute atomic E-state index is 11.3. The van der Waals surface area contributed by atoms with E-state index in [2.05, 4.69) is 10.6 Å². The third-order valence-corrected chi connectivity index (χ3v) is 2.25. The lowest BCUT2D eigenvalue weighted by molar-refractivity contribution is 0.130. The molecule has 1 amide bonds. The second kappa shape index (κ2) is 5.63. The van der Waals surface area contributed by atoms with Crippen molar-refractivity contribution >= 4 is 29.1 Å². The molecule has 0 heterocycles. The second-order valence-corrected chi connectivity index (χ2v) is 4.09. The molecule has 3 N–H and O–H groups in total. The van der Waals surface area contributed by atoms with Crippen molar-refractivity contribution in [3.8, 4) is 5.75 Å². The van der Waals surface area contributed by atoms with Crippen LogP contribution in [0, 0.1) is 0 Å². The number of anilines is 2. The summed E-state index contributed by atoms with van der Waals surface area (Å²) in [6, 6.07) is 2.87. The van der Waals surface area contributed by atoms with Crippen molar-refractivity contribution in [1.82, 2.24) is 0 Å². The number of carbonyl (C=O) groups is 1. The second-order valence-electron chi connectivity index (χ2n) is 3.68. The van der Waals surface area contributed by atoms with Gasteiger partial charge in [-0.15, -0.1) is 0 Å². The van der Waals surface area contributed by atoms with E-state index in [-0.39, 0.29) is 17.5 Å². The van der Waals surface area contributed by atoms with Gasteiger partial charge in [-0.25, -0.2) is 4.79 Å². The highest BCUT2D eigenvalue weighted by Gasteiger charge is 2.11. The maximum Gasteiger partial charge on any atom is 0.411 e. The van der Waals surface area contributed by atoms with E-state index in [0.29, 0.717) is 10.7 Å². The van der Waals surface area contributed by atoms with E-state index >= 15 is 0 Å². The molecule has 0 saturated carbocycles. The maximum atomic E-state index is 11.3. The highest BCUT2D eigenvalue weighted by atomic mass is 35.5. The first-order valence-electron chi connectivity index (χ1n) is 5.12. The van der Waals surface area contributed by atoms with Crippen LogP contribution in [-0.2, 0) is 4.74 Å². The largest absolute Gasteiger partial charge is 0.506 e. The lowest BCUT2D eigenvalue weighted by atomic mass is 10.2. The van der Waals surface area contributed by atoms with Crippen LogP contribution in [-0.4, -0.2) is 24.4 Å². The summed E-state index contributed by atoms with van der Waals surface area (Å²) in [4.78, 5) is 11.3. The number of ether oxygens (including phenoxy) is 1. The van der Waals surface area contributed by atoms with Crippen molar-refractivity contribution < 1.29 is 14.6 Å². The summed E-state index contributed by atoms with van der Waals surface area (Å²) in [5.41, 5.74) is 0.784. The monoisotopic (exact) mass is 258 g/mol. The van der Waals surface area contributed by atoms with E-state index in [1.54, 1.807) is 20.9 Å². The number of hydrogen-bond acceptors (Lipinski definition) is 4. The first kappa shape index (κ1) is 13.4. The van der Waals surface area contributed by atoms with Crippen molar-refractivity contribution in [1.29, 1.82) is 0 Å². The molecule has 0 aliphatic carbocycles. The molecule has 0 radical (unpaired) electrons. The Hall–Kier alpha value is -1.62. The molecule has 0 bridgehead atoms. The molecule has 6 heteroatoms. The minimum absolute atomic E-state index is 0.0838.